The standard InChI is InChI=1S/C17H26O3/c1-4-6-7-15-12-19-17(20-13(15)3)14-8-10-16(11-9-14)18-5-2/h8-11,13,15,17H,4-7,12H2,1-3H3. The van der Waals surface area contributed by atoms with Crippen LogP contribution in [0.25, 0.3) is 0 Å². The van der Waals surface area contributed by atoms with Crippen molar-refractivity contribution in [3.05, 3.63) is 29.8 Å². The van der Waals surface area contributed by atoms with E-state index in [-0.39, 0.29) is 12.4 Å². The third-order valence-electron chi connectivity index (χ3n) is 3.86. The maximum absolute atomic E-state index is 6.02. The molecule has 1 fully saturated rings. The van der Waals surface area contributed by atoms with Crippen molar-refractivity contribution in [2.75, 3.05) is 13.2 Å². The molecule has 1 aliphatic heterocycles. The number of benzene rings is 1. The first-order valence-electron chi connectivity index (χ1n) is 7.74. The van der Waals surface area contributed by atoms with Crippen LogP contribution in [0.3, 0.4) is 0 Å². The molecule has 3 heteroatoms. The van der Waals surface area contributed by atoms with E-state index in [9.17, 15) is 0 Å². The highest BCUT2D eigenvalue weighted by Crippen LogP contribution is 2.32. The summed E-state index contributed by atoms with van der Waals surface area (Å²) in [5, 5.41) is 0. The minimum absolute atomic E-state index is 0.237. The number of rotatable bonds is 6. The van der Waals surface area contributed by atoms with E-state index in [2.05, 4.69) is 13.8 Å². The van der Waals surface area contributed by atoms with Gasteiger partial charge in [-0.15, -0.1) is 0 Å². The summed E-state index contributed by atoms with van der Waals surface area (Å²) in [6, 6.07) is 7.99. The molecule has 1 saturated heterocycles. The Balaban J connectivity index is 1.91. The Morgan fingerprint density at radius 1 is 1.20 bits per heavy atom. The average molecular weight is 278 g/mol. The van der Waals surface area contributed by atoms with Crippen LogP contribution in [0.5, 0.6) is 5.75 Å². The van der Waals surface area contributed by atoms with Crippen LogP contribution in [-0.2, 0) is 9.47 Å². The summed E-state index contributed by atoms with van der Waals surface area (Å²) < 4.78 is 17.3. The molecule has 2 rings (SSSR count). The van der Waals surface area contributed by atoms with E-state index in [1.54, 1.807) is 0 Å². The first-order valence-corrected chi connectivity index (χ1v) is 7.74. The maximum atomic E-state index is 6.02. The average Bonchev–Trinajstić information content (AvgIpc) is 2.47. The molecular weight excluding hydrogens is 252 g/mol. The monoisotopic (exact) mass is 278 g/mol. The smallest absolute Gasteiger partial charge is 0.184 e. The molecule has 1 aromatic carbocycles. The van der Waals surface area contributed by atoms with Crippen LogP contribution in [0, 0.1) is 5.92 Å². The van der Waals surface area contributed by atoms with E-state index in [1.807, 2.05) is 31.2 Å². The van der Waals surface area contributed by atoms with Gasteiger partial charge in [-0.2, -0.15) is 0 Å². The van der Waals surface area contributed by atoms with Gasteiger partial charge in [0.15, 0.2) is 6.29 Å². The first kappa shape index (κ1) is 15.3. The number of hydrogen-bond acceptors (Lipinski definition) is 3. The van der Waals surface area contributed by atoms with E-state index < -0.39 is 0 Å². The van der Waals surface area contributed by atoms with Crippen molar-refractivity contribution < 1.29 is 14.2 Å². The van der Waals surface area contributed by atoms with Crippen LogP contribution in [0.2, 0.25) is 0 Å². The van der Waals surface area contributed by atoms with Gasteiger partial charge in [0.2, 0.25) is 0 Å². The second-order valence-electron chi connectivity index (χ2n) is 5.41. The molecule has 0 amide bonds. The summed E-state index contributed by atoms with van der Waals surface area (Å²) in [7, 11) is 0. The third kappa shape index (κ3) is 3.97. The number of hydrogen-bond donors (Lipinski definition) is 0. The molecule has 3 nitrogen and oxygen atoms in total. The van der Waals surface area contributed by atoms with Gasteiger partial charge in [0.25, 0.3) is 0 Å². The molecule has 112 valence electrons. The molecule has 0 saturated carbocycles. The topological polar surface area (TPSA) is 27.7 Å². The Labute approximate surface area is 122 Å². The molecule has 0 bridgehead atoms. The minimum atomic E-state index is -0.237. The van der Waals surface area contributed by atoms with Crippen LogP contribution in [0.15, 0.2) is 24.3 Å². The summed E-state index contributed by atoms with van der Waals surface area (Å²) in [4.78, 5) is 0. The van der Waals surface area contributed by atoms with Crippen molar-refractivity contribution in [3.8, 4) is 5.75 Å². The predicted molar refractivity (Wildman–Crippen MR) is 79.9 cm³/mol. The summed E-state index contributed by atoms with van der Waals surface area (Å²) in [6.07, 6.45) is 3.68. The highest BCUT2D eigenvalue weighted by molar-refractivity contribution is 5.28. The lowest BCUT2D eigenvalue weighted by Crippen LogP contribution is -2.34. The molecule has 3 unspecified atom stereocenters. The SMILES string of the molecule is CCCCC1COC(c2ccc(OCC)cc2)OC1C. The van der Waals surface area contributed by atoms with Crippen LogP contribution < -0.4 is 4.74 Å². The fourth-order valence-electron chi connectivity index (χ4n) is 2.54. The minimum Gasteiger partial charge on any atom is -0.494 e. The molecule has 3 atom stereocenters. The van der Waals surface area contributed by atoms with Crippen molar-refractivity contribution in [2.45, 2.75) is 52.4 Å². The van der Waals surface area contributed by atoms with Crippen molar-refractivity contribution in [1.29, 1.82) is 0 Å². The number of unbranched alkanes of at least 4 members (excludes halogenated alkanes) is 1. The zero-order valence-corrected chi connectivity index (χ0v) is 12.8. The fourth-order valence-corrected chi connectivity index (χ4v) is 2.54. The van der Waals surface area contributed by atoms with Gasteiger partial charge in [-0.05, 0) is 32.4 Å². The predicted octanol–water partition coefficient (Wildman–Crippen LogP) is 4.33. The maximum Gasteiger partial charge on any atom is 0.184 e. The lowest BCUT2D eigenvalue weighted by molar-refractivity contribution is -0.237. The van der Waals surface area contributed by atoms with Crippen LogP contribution >= 0.6 is 0 Å². The van der Waals surface area contributed by atoms with Gasteiger partial charge in [-0.1, -0.05) is 31.9 Å². The highest BCUT2D eigenvalue weighted by Gasteiger charge is 2.29. The van der Waals surface area contributed by atoms with Gasteiger partial charge in [-0.25, -0.2) is 0 Å². The summed E-state index contributed by atoms with van der Waals surface area (Å²) in [6.45, 7) is 7.84. The molecule has 0 N–H and O–H groups in total. The van der Waals surface area contributed by atoms with Gasteiger partial charge < -0.3 is 14.2 Å². The largest absolute Gasteiger partial charge is 0.494 e. The quantitative estimate of drug-likeness (QED) is 0.775. The zero-order chi connectivity index (χ0) is 14.4. The van der Waals surface area contributed by atoms with Gasteiger partial charge in [0.1, 0.15) is 5.75 Å². The van der Waals surface area contributed by atoms with Crippen molar-refractivity contribution in [3.63, 3.8) is 0 Å². The highest BCUT2D eigenvalue weighted by atomic mass is 16.7. The Hall–Kier alpha value is -1.06. The molecule has 0 aromatic heterocycles. The first-order chi connectivity index (χ1) is 9.74. The second kappa shape index (κ2) is 7.65. The molecular formula is C17H26O3. The van der Waals surface area contributed by atoms with E-state index >= 15 is 0 Å². The van der Waals surface area contributed by atoms with E-state index in [0.717, 1.165) is 17.9 Å². The van der Waals surface area contributed by atoms with Crippen molar-refractivity contribution >= 4 is 0 Å². The zero-order valence-electron chi connectivity index (χ0n) is 12.8. The Morgan fingerprint density at radius 3 is 2.55 bits per heavy atom. The Bertz CT molecular complexity index is 388. The normalized spacial score (nSPS) is 26.4. The van der Waals surface area contributed by atoms with Gasteiger partial charge in [-0.3, -0.25) is 0 Å². The summed E-state index contributed by atoms with van der Waals surface area (Å²) in [5.74, 6) is 1.41. The molecule has 1 heterocycles. The summed E-state index contributed by atoms with van der Waals surface area (Å²) >= 11 is 0. The van der Waals surface area contributed by atoms with Crippen LogP contribution in [0.4, 0.5) is 0 Å². The second-order valence-corrected chi connectivity index (χ2v) is 5.41. The van der Waals surface area contributed by atoms with Crippen LogP contribution in [0.1, 0.15) is 51.9 Å². The molecule has 20 heavy (non-hydrogen) atoms. The lowest BCUT2D eigenvalue weighted by Gasteiger charge is -2.35. The molecule has 0 radical (unpaired) electrons. The van der Waals surface area contributed by atoms with Crippen LogP contribution in [-0.4, -0.2) is 19.3 Å². The van der Waals surface area contributed by atoms with Crippen molar-refractivity contribution in [2.24, 2.45) is 5.92 Å². The Kier molecular flexibility index (Phi) is 5.86. The fraction of sp³-hybridized carbons (Fsp3) is 0.647. The van der Waals surface area contributed by atoms with E-state index in [4.69, 9.17) is 14.2 Å². The van der Waals surface area contributed by atoms with Gasteiger partial charge in [0, 0.05) is 11.5 Å². The van der Waals surface area contributed by atoms with Crippen molar-refractivity contribution in [1.82, 2.24) is 0 Å². The summed E-state index contributed by atoms with van der Waals surface area (Å²) in [5.41, 5.74) is 1.06. The molecule has 0 aliphatic carbocycles. The molecule has 0 spiro atoms. The van der Waals surface area contributed by atoms with Gasteiger partial charge in [0.05, 0.1) is 19.3 Å². The van der Waals surface area contributed by atoms with E-state index in [1.165, 1.54) is 19.3 Å². The Morgan fingerprint density at radius 2 is 1.95 bits per heavy atom. The van der Waals surface area contributed by atoms with Gasteiger partial charge >= 0.3 is 0 Å². The van der Waals surface area contributed by atoms with E-state index in [0.29, 0.717) is 12.5 Å². The molecule has 1 aliphatic rings. The lowest BCUT2D eigenvalue weighted by atomic mass is 9.96. The molecule has 1 aromatic rings. The number of ether oxygens (including phenoxy) is 3. The third-order valence-corrected chi connectivity index (χ3v) is 3.86.